The second-order valence-electron chi connectivity index (χ2n) is 4.79. The number of nitrogens with zero attached hydrogens (tertiary/aromatic N) is 1. The average Bonchev–Trinajstić information content (AvgIpc) is 2.44. The Morgan fingerprint density at radius 1 is 1.35 bits per heavy atom. The Balaban J connectivity index is 2.18. The molecule has 4 nitrogen and oxygen atoms in total. The number of carbonyl (C=O) groups is 1. The molecule has 4 heteroatoms. The highest BCUT2D eigenvalue weighted by Gasteiger charge is 2.19. The molecule has 0 aliphatic carbocycles. The van der Waals surface area contributed by atoms with Gasteiger partial charge in [-0.15, -0.1) is 0 Å². The van der Waals surface area contributed by atoms with E-state index in [0.717, 1.165) is 17.5 Å². The topological polar surface area (TPSA) is 68.0 Å². The Hall–Kier alpha value is -2.36. The molecule has 0 saturated heterocycles. The minimum absolute atomic E-state index is 0.0425. The molecule has 1 amide bonds. The van der Waals surface area contributed by atoms with E-state index in [1.165, 1.54) is 0 Å². The molecule has 1 heterocycles. The fourth-order valence-corrected chi connectivity index (χ4v) is 2.19. The fraction of sp³-hybridized carbons (Fsp3) is 0.250. The van der Waals surface area contributed by atoms with E-state index in [9.17, 15) is 4.79 Å². The van der Waals surface area contributed by atoms with Crippen LogP contribution in [0.2, 0.25) is 0 Å². The normalized spacial score (nSPS) is 11.9. The Morgan fingerprint density at radius 2 is 2.05 bits per heavy atom. The fourth-order valence-electron chi connectivity index (χ4n) is 2.19. The molecule has 0 saturated carbocycles. The van der Waals surface area contributed by atoms with Crippen molar-refractivity contribution in [3.63, 3.8) is 0 Å². The number of aromatic nitrogens is 1. The number of anilines is 2. The molecule has 0 aliphatic rings. The number of hydrogen-bond donors (Lipinski definition) is 2. The molecule has 1 aromatic carbocycles. The van der Waals surface area contributed by atoms with Crippen LogP contribution in [-0.4, -0.2) is 10.9 Å². The van der Waals surface area contributed by atoms with Crippen molar-refractivity contribution in [2.75, 3.05) is 11.1 Å². The smallest absolute Gasteiger partial charge is 0.233 e. The maximum absolute atomic E-state index is 12.4. The van der Waals surface area contributed by atoms with E-state index in [4.69, 9.17) is 5.73 Å². The van der Waals surface area contributed by atoms with E-state index in [0.29, 0.717) is 11.5 Å². The van der Waals surface area contributed by atoms with Gasteiger partial charge in [0.2, 0.25) is 5.91 Å². The highest BCUT2D eigenvalue weighted by Crippen LogP contribution is 2.22. The largest absolute Gasteiger partial charge is 0.397 e. The SMILES string of the molecule is CCC(C(=O)Nc1ncc(N)cc1C)c1ccccc1. The Morgan fingerprint density at radius 3 is 2.65 bits per heavy atom. The summed E-state index contributed by atoms with van der Waals surface area (Å²) in [6.07, 6.45) is 2.29. The summed E-state index contributed by atoms with van der Waals surface area (Å²) in [7, 11) is 0. The Bertz CT molecular complexity index is 596. The lowest BCUT2D eigenvalue weighted by molar-refractivity contribution is -0.117. The minimum atomic E-state index is -0.171. The highest BCUT2D eigenvalue weighted by atomic mass is 16.1. The summed E-state index contributed by atoms with van der Waals surface area (Å²) in [6, 6.07) is 11.6. The van der Waals surface area contributed by atoms with E-state index in [1.54, 1.807) is 12.3 Å². The lowest BCUT2D eigenvalue weighted by Crippen LogP contribution is -2.21. The molecule has 20 heavy (non-hydrogen) atoms. The number of nitrogens with two attached hydrogens (primary N) is 1. The molecule has 1 unspecified atom stereocenters. The monoisotopic (exact) mass is 269 g/mol. The summed E-state index contributed by atoms with van der Waals surface area (Å²) >= 11 is 0. The highest BCUT2D eigenvalue weighted by molar-refractivity contribution is 5.95. The number of benzene rings is 1. The zero-order chi connectivity index (χ0) is 14.5. The molecule has 0 spiro atoms. The van der Waals surface area contributed by atoms with Crippen LogP contribution in [0, 0.1) is 6.92 Å². The standard InChI is InChI=1S/C16H19N3O/c1-3-14(12-7-5-4-6-8-12)16(20)19-15-11(2)9-13(17)10-18-15/h4-10,14H,3,17H2,1-2H3,(H,18,19,20). The van der Waals surface area contributed by atoms with E-state index in [2.05, 4.69) is 10.3 Å². The van der Waals surface area contributed by atoms with Crippen LogP contribution >= 0.6 is 0 Å². The van der Waals surface area contributed by atoms with E-state index in [1.807, 2.05) is 44.2 Å². The van der Waals surface area contributed by atoms with Crippen LogP contribution in [0.15, 0.2) is 42.6 Å². The minimum Gasteiger partial charge on any atom is -0.397 e. The van der Waals surface area contributed by atoms with Gasteiger partial charge in [-0.05, 0) is 30.5 Å². The second-order valence-corrected chi connectivity index (χ2v) is 4.79. The zero-order valence-corrected chi connectivity index (χ0v) is 11.8. The summed E-state index contributed by atoms with van der Waals surface area (Å²) < 4.78 is 0. The predicted octanol–water partition coefficient (Wildman–Crippen LogP) is 3.10. The van der Waals surface area contributed by atoms with Crippen molar-refractivity contribution >= 4 is 17.4 Å². The molecule has 2 aromatic rings. The van der Waals surface area contributed by atoms with Crippen molar-refractivity contribution in [2.45, 2.75) is 26.2 Å². The predicted molar refractivity (Wildman–Crippen MR) is 81.5 cm³/mol. The van der Waals surface area contributed by atoms with Crippen LogP contribution in [0.1, 0.15) is 30.4 Å². The number of carbonyl (C=O) groups excluding carboxylic acids is 1. The summed E-state index contributed by atoms with van der Waals surface area (Å²) in [5, 5.41) is 2.88. The maximum Gasteiger partial charge on any atom is 0.233 e. The van der Waals surface area contributed by atoms with Crippen LogP contribution in [0.25, 0.3) is 0 Å². The third-order valence-corrected chi connectivity index (χ3v) is 3.27. The first-order valence-corrected chi connectivity index (χ1v) is 6.69. The number of rotatable bonds is 4. The number of nitrogens with one attached hydrogen (secondary N) is 1. The Kier molecular flexibility index (Phi) is 4.35. The molecule has 0 aliphatic heterocycles. The van der Waals surface area contributed by atoms with Crippen molar-refractivity contribution in [3.05, 3.63) is 53.7 Å². The third-order valence-electron chi connectivity index (χ3n) is 3.27. The van der Waals surface area contributed by atoms with E-state index < -0.39 is 0 Å². The van der Waals surface area contributed by atoms with Crippen molar-refractivity contribution in [1.82, 2.24) is 4.98 Å². The van der Waals surface area contributed by atoms with Gasteiger partial charge in [0.1, 0.15) is 5.82 Å². The van der Waals surface area contributed by atoms with Crippen LogP contribution in [0.4, 0.5) is 11.5 Å². The first kappa shape index (κ1) is 14.1. The van der Waals surface area contributed by atoms with E-state index >= 15 is 0 Å². The third kappa shape index (κ3) is 3.15. The van der Waals surface area contributed by atoms with Crippen LogP contribution in [-0.2, 0) is 4.79 Å². The van der Waals surface area contributed by atoms with Gasteiger partial charge in [-0.1, -0.05) is 37.3 Å². The van der Waals surface area contributed by atoms with Crippen molar-refractivity contribution in [1.29, 1.82) is 0 Å². The zero-order valence-electron chi connectivity index (χ0n) is 11.8. The second kappa shape index (κ2) is 6.19. The van der Waals surface area contributed by atoms with Crippen LogP contribution < -0.4 is 11.1 Å². The van der Waals surface area contributed by atoms with Gasteiger partial charge in [-0.25, -0.2) is 4.98 Å². The molecule has 104 valence electrons. The van der Waals surface area contributed by atoms with Crippen molar-refractivity contribution < 1.29 is 4.79 Å². The summed E-state index contributed by atoms with van der Waals surface area (Å²) in [4.78, 5) is 16.6. The molecular weight excluding hydrogens is 250 g/mol. The lowest BCUT2D eigenvalue weighted by atomic mass is 9.95. The van der Waals surface area contributed by atoms with Crippen molar-refractivity contribution in [3.8, 4) is 0 Å². The molecular formula is C16H19N3O. The van der Waals surface area contributed by atoms with Gasteiger partial charge in [-0.3, -0.25) is 4.79 Å². The molecule has 0 fully saturated rings. The number of aryl methyl sites for hydroxylation is 1. The quantitative estimate of drug-likeness (QED) is 0.896. The first-order valence-electron chi connectivity index (χ1n) is 6.69. The van der Waals surface area contributed by atoms with E-state index in [-0.39, 0.29) is 11.8 Å². The van der Waals surface area contributed by atoms with Gasteiger partial charge in [0.15, 0.2) is 0 Å². The summed E-state index contributed by atoms with van der Waals surface area (Å²) in [5.74, 6) is 0.354. The first-order chi connectivity index (χ1) is 9.61. The molecule has 0 radical (unpaired) electrons. The molecule has 2 rings (SSSR count). The molecule has 1 aromatic heterocycles. The average molecular weight is 269 g/mol. The maximum atomic E-state index is 12.4. The Labute approximate surface area is 119 Å². The van der Waals surface area contributed by atoms with Gasteiger partial charge in [0.05, 0.1) is 17.8 Å². The van der Waals surface area contributed by atoms with Gasteiger partial charge in [0, 0.05) is 0 Å². The van der Waals surface area contributed by atoms with Crippen molar-refractivity contribution in [2.24, 2.45) is 0 Å². The van der Waals surface area contributed by atoms with Gasteiger partial charge < -0.3 is 11.1 Å². The van der Waals surface area contributed by atoms with Gasteiger partial charge in [-0.2, -0.15) is 0 Å². The summed E-state index contributed by atoms with van der Waals surface area (Å²) in [6.45, 7) is 3.88. The van der Waals surface area contributed by atoms with Gasteiger partial charge >= 0.3 is 0 Å². The number of hydrogen-bond acceptors (Lipinski definition) is 3. The lowest BCUT2D eigenvalue weighted by Gasteiger charge is -2.16. The van der Waals surface area contributed by atoms with Gasteiger partial charge in [0.25, 0.3) is 0 Å². The number of pyridine rings is 1. The number of nitrogen functional groups attached to an aromatic ring is 1. The number of amides is 1. The summed E-state index contributed by atoms with van der Waals surface area (Å²) in [5.41, 5.74) is 8.13. The van der Waals surface area contributed by atoms with Crippen LogP contribution in [0.5, 0.6) is 0 Å². The molecule has 3 N–H and O–H groups in total. The molecule has 0 bridgehead atoms. The van der Waals surface area contributed by atoms with Crippen LogP contribution in [0.3, 0.4) is 0 Å². The molecule has 1 atom stereocenters.